The zero-order valence-electron chi connectivity index (χ0n) is 10.3. The SMILES string of the molecule is O=C(O)c1cc(NCc2ccc(O)c(O)c2)ccc1Cl. The predicted octanol–water partition coefficient (Wildman–Crippen LogP) is 3.06. The summed E-state index contributed by atoms with van der Waals surface area (Å²) < 4.78 is 0. The first-order valence-electron chi connectivity index (χ1n) is 5.75. The highest BCUT2D eigenvalue weighted by molar-refractivity contribution is 6.33. The van der Waals surface area contributed by atoms with Crippen LogP contribution in [0.4, 0.5) is 5.69 Å². The van der Waals surface area contributed by atoms with E-state index in [2.05, 4.69) is 5.32 Å². The molecule has 0 aliphatic carbocycles. The molecule has 0 aliphatic heterocycles. The highest BCUT2D eigenvalue weighted by atomic mass is 35.5. The Morgan fingerprint density at radius 2 is 1.85 bits per heavy atom. The molecule has 4 N–H and O–H groups in total. The molecule has 5 nitrogen and oxygen atoms in total. The summed E-state index contributed by atoms with van der Waals surface area (Å²) in [5.74, 6) is -1.49. The third-order valence-electron chi connectivity index (χ3n) is 2.73. The van der Waals surface area contributed by atoms with Crippen molar-refractivity contribution in [3.05, 3.63) is 52.5 Å². The van der Waals surface area contributed by atoms with Crippen LogP contribution in [0.25, 0.3) is 0 Å². The van der Waals surface area contributed by atoms with Crippen LogP contribution in [0, 0.1) is 0 Å². The number of nitrogens with one attached hydrogen (secondary N) is 1. The minimum atomic E-state index is -1.10. The Morgan fingerprint density at radius 3 is 2.50 bits per heavy atom. The summed E-state index contributed by atoms with van der Waals surface area (Å²) in [6.45, 7) is 0.370. The highest BCUT2D eigenvalue weighted by Gasteiger charge is 2.09. The number of benzene rings is 2. The molecule has 0 atom stereocenters. The second-order valence-electron chi connectivity index (χ2n) is 4.18. The van der Waals surface area contributed by atoms with Gasteiger partial charge in [-0.2, -0.15) is 0 Å². The number of hydrogen-bond donors (Lipinski definition) is 4. The molecule has 20 heavy (non-hydrogen) atoms. The van der Waals surface area contributed by atoms with Crippen molar-refractivity contribution in [2.75, 3.05) is 5.32 Å². The summed E-state index contributed by atoms with van der Waals surface area (Å²) in [5, 5.41) is 30.7. The van der Waals surface area contributed by atoms with E-state index in [1.807, 2.05) is 0 Å². The van der Waals surface area contributed by atoms with Gasteiger partial charge in [-0.25, -0.2) is 4.79 Å². The summed E-state index contributed by atoms with van der Waals surface area (Å²) in [5.41, 5.74) is 1.36. The van der Waals surface area contributed by atoms with Gasteiger partial charge < -0.3 is 20.6 Å². The van der Waals surface area contributed by atoms with Crippen LogP contribution in [0.1, 0.15) is 15.9 Å². The van der Waals surface area contributed by atoms with Gasteiger partial charge in [0.2, 0.25) is 0 Å². The lowest BCUT2D eigenvalue weighted by Crippen LogP contribution is -2.02. The van der Waals surface area contributed by atoms with E-state index in [0.717, 1.165) is 5.56 Å². The van der Waals surface area contributed by atoms with Gasteiger partial charge in [0.1, 0.15) is 0 Å². The molecule has 0 amide bonds. The molecule has 2 rings (SSSR count). The van der Waals surface area contributed by atoms with Gasteiger partial charge in [0, 0.05) is 12.2 Å². The maximum atomic E-state index is 11.0. The summed E-state index contributed by atoms with van der Waals surface area (Å²) in [6.07, 6.45) is 0. The minimum absolute atomic E-state index is 0.0187. The van der Waals surface area contributed by atoms with E-state index in [1.54, 1.807) is 12.1 Å². The van der Waals surface area contributed by atoms with Gasteiger partial charge in [-0.3, -0.25) is 0 Å². The molecular weight excluding hydrogens is 282 g/mol. The van der Waals surface area contributed by atoms with Gasteiger partial charge >= 0.3 is 5.97 Å². The summed E-state index contributed by atoms with van der Waals surface area (Å²) >= 11 is 5.78. The number of hydrogen-bond acceptors (Lipinski definition) is 4. The van der Waals surface area contributed by atoms with Crippen molar-refractivity contribution in [2.45, 2.75) is 6.54 Å². The average molecular weight is 294 g/mol. The molecule has 0 spiro atoms. The summed E-state index contributed by atoms with van der Waals surface area (Å²) in [6, 6.07) is 9.06. The normalized spacial score (nSPS) is 10.2. The number of aromatic hydroxyl groups is 2. The van der Waals surface area contributed by atoms with E-state index in [1.165, 1.54) is 24.3 Å². The Bertz CT molecular complexity index is 658. The molecule has 6 heteroatoms. The zero-order valence-corrected chi connectivity index (χ0v) is 11.1. The van der Waals surface area contributed by atoms with Crippen LogP contribution in [-0.2, 0) is 6.54 Å². The first-order valence-corrected chi connectivity index (χ1v) is 6.13. The van der Waals surface area contributed by atoms with Gasteiger partial charge in [0.05, 0.1) is 10.6 Å². The van der Waals surface area contributed by atoms with Gasteiger partial charge in [-0.15, -0.1) is 0 Å². The van der Waals surface area contributed by atoms with Gasteiger partial charge in [0.15, 0.2) is 11.5 Å². The molecule has 2 aromatic carbocycles. The Morgan fingerprint density at radius 1 is 1.10 bits per heavy atom. The van der Waals surface area contributed by atoms with E-state index < -0.39 is 5.97 Å². The number of carboxylic acid groups (broad SMARTS) is 1. The quantitative estimate of drug-likeness (QED) is 0.651. The van der Waals surface area contributed by atoms with Crippen LogP contribution in [0.2, 0.25) is 5.02 Å². The third-order valence-corrected chi connectivity index (χ3v) is 3.06. The van der Waals surface area contributed by atoms with E-state index >= 15 is 0 Å². The topological polar surface area (TPSA) is 89.8 Å². The lowest BCUT2D eigenvalue weighted by Gasteiger charge is -2.09. The fourth-order valence-corrected chi connectivity index (χ4v) is 1.88. The van der Waals surface area contributed by atoms with E-state index in [9.17, 15) is 15.0 Å². The number of aromatic carboxylic acids is 1. The second-order valence-corrected chi connectivity index (χ2v) is 4.58. The van der Waals surface area contributed by atoms with Crippen molar-refractivity contribution in [2.24, 2.45) is 0 Å². The maximum absolute atomic E-state index is 11.0. The number of carboxylic acids is 1. The third kappa shape index (κ3) is 3.13. The highest BCUT2D eigenvalue weighted by Crippen LogP contribution is 2.26. The van der Waals surface area contributed by atoms with Crippen molar-refractivity contribution in [3.8, 4) is 11.5 Å². The molecule has 0 saturated carbocycles. The number of phenolic OH excluding ortho intramolecular Hbond substituents is 2. The Kier molecular flexibility index (Phi) is 4.00. The standard InChI is InChI=1S/C14H12ClNO4/c15-11-3-2-9(6-10(11)14(19)20)16-7-8-1-4-12(17)13(18)5-8/h1-6,16-18H,7H2,(H,19,20). The Hall–Kier alpha value is -2.40. The number of phenols is 2. The predicted molar refractivity (Wildman–Crippen MR) is 75.5 cm³/mol. The van der Waals surface area contributed by atoms with Crippen LogP contribution in [0.15, 0.2) is 36.4 Å². The van der Waals surface area contributed by atoms with Crippen LogP contribution in [0.5, 0.6) is 11.5 Å². The monoisotopic (exact) mass is 293 g/mol. The van der Waals surface area contributed by atoms with Gasteiger partial charge in [-0.1, -0.05) is 17.7 Å². The van der Waals surface area contributed by atoms with Crippen LogP contribution < -0.4 is 5.32 Å². The number of halogens is 1. The molecule has 0 fully saturated rings. The molecule has 0 radical (unpaired) electrons. The van der Waals surface area contributed by atoms with E-state index in [0.29, 0.717) is 12.2 Å². The van der Waals surface area contributed by atoms with Crippen molar-refractivity contribution in [1.29, 1.82) is 0 Å². The molecule has 104 valence electrons. The van der Waals surface area contributed by atoms with Crippen LogP contribution in [-0.4, -0.2) is 21.3 Å². The first-order chi connectivity index (χ1) is 9.47. The molecule has 0 unspecified atom stereocenters. The van der Waals surface area contributed by atoms with E-state index in [-0.39, 0.29) is 22.1 Å². The number of anilines is 1. The molecule has 0 aromatic heterocycles. The van der Waals surface area contributed by atoms with E-state index in [4.69, 9.17) is 16.7 Å². The summed E-state index contributed by atoms with van der Waals surface area (Å²) in [7, 11) is 0. The van der Waals surface area contributed by atoms with Crippen molar-refractivity contribution >= 4 is 23.3 Å². The molecule has 0 bridgehead atoms. The fourth-order valence-electron chi connectivity index (χ4n) is 1.68. The molecule has 0 heterocycles. The smallest absolute Gasteiger partial charge is 0.337 e. The lowest BCUT2D eigenvalue weighted by molar-refractivity contribution is 0.0697. The number of rotatable bonds is 4. The minimum Gasteiger partial charge on any atom is -0.504 e. The van der Waals surface area contributed by atoms with Gasteiger partial charge in [0.25, 0.3) is 0 Å². The Balaban J connectivity index is 2.12. The number of carbonyl (C=O) groups is 1. The van der Waals surface area contributed by atoms with Crippen molar-refractivity contribution < 1.29 is 20.1 Å². The largest absolute Gasteiger partial charge is 0.504 e. The molecule has 0 aliphatic rings. The fraction of sp³-hybridized carbons (Fsp3) is 0.0714. The Labute approximate surface area is 120 Å². The van der Waals surface area contributed by atoms with Crippen LogP contribution >= 0.6 is 11.6 Å². The zero-order chi connectivity index (χ0) is 14.7. The molecular formula is C14H12ClNO4. The van der Waals surface area contributed by atoms with Crippen LogP contribution in [0.3, 0.4) is 0 Å². The molecule has 2 aromatic rings. The summed E-state index contributed by atoms with van der Waals surface area (Å²) in [4.78, 5) is 11.0. The van der Waals surface area contributed by atoms with Crippen molar-refractivity contribution in [3.63, 3.8) is 0 Å². The maximum Gasteiger partial charge on any atom is 0.337 e. The van der Waals surface area contributed by atoms with Gasteiger partial charge in [-0.05, 0) is 35.9 Å². The second kappa shape index (κ2) is 5.71. The first kappa shape index (κ1) is 14.0. The average Bonchev–Trinajstić information content (AvgIpc) is 2.41. The lowest BCUT2D eigenvalue weighted by atomic mass is 10.1. The molecule has 0 saturated heterocycles. The van der Waals surface area contributed by atoms with Crippen molar-refractivity contribution in [1.82, 2.24) is 0 Å².